The number of ether oxygens (including phenoxy) is 1. The van der Waals surface area contributed by atoms with Crippen LogP contribution in [0, 0.1) is 5.82 Å². The van der Waals surface area contributed by atoms with Gasteiger partial charge in [0.25, 0.3) is 15.9 Å². The summed E-state index contributed by atoms with van der Waals surface area (Å²) >= 11 is 0. The van der Waals surface area contributed by atoms with Gasteiger partial charge in [-0.2, -0.15) is 0 Å². The second-order valence-corrected chi connectivity index (χ2v) is 7.08. The van der Waals surface area contributed by atoms with Gasteiger partial charge >= 0.3 is 0 Å². The van der Waals surface area contributed by atoms with Crippen molar-refractivity contribution in [2.24, 2.45) is 0 Å². The van der Waals surface area contributed by atoms with E-state index in [0.717, 1.165) is 0 Å². The topological polar surface area (TPSA) is 102 Å². The molecule has 26 heavy (non-hydrogen) atoms. The molecule has 0 aliphatic heterocycles. The largest absolute Gasteiger partial charge is 0.481 e. The van der Waals surface area contributed by atoms with Crippen molar-refractivity contribution >= 4 is 21.7 Å². The first-order chi connectivity index (χ1) is 12.2. The number of hydrogen-bond donors (Lipinski definition) is 2. The Morgan fingerprint density at radius 1 is 1.12 bits per heavy atom. The smallest absolute Gasteiger partial charge is 0.275 e. The molecule has 2 rings (SSSR count). The Kier molecular flexibility index (Phi) is 6.06. The molecule has 0 spiro atoms. The highest BCUT2D eigenvalue weighted by Gasteiger charge is 2.20. The molecule has 7 nitrogen and oxygen atoms in total. The van der Waals surface area contributed by atoms with Gasteiger partial charge in [-0.1, -0.05) is 12.1 Å². The normalized spacial score (nSPS) is 12.3. The zero-order valence-corrected chi connectivity index (χ0v) is 14.8. The molecule has 2 aromatic carbocycles. The predicted molar refractivity (Wildman–Crippen MR) is 91.4 cm³/mol. The first-order valence-corrected chi connectivity index (χ1v) is 9.02. The second kappa shape index (κ2) is 8.07. The Morgan fingerprint density at radius 3 is 2.38 bits per heavy atom. The maximum atomic E-state index is 12.8. The van der Waals surface area contributed by atoms with Crippen LogP contribution in [0.15, 0.2) is 53.4 Å². The van der Waals surface area contributed by atoms with Gasteiger partial charge in [0.15, 0.2) is 11.9 Å². The van der Waals surface area contributed by atoms with Crippen molar-refractivity contribution in [3.63, 3.8) is 0 Å². The fourth-order valence-corrected chi connectivity index (χ4v) is 2.82. The van der Waals surface area contributed by atoms with Crippen molar-refractivity contribution in [1.29, 1.82) is 0 Å². The zero-order valence-electron chi connectivity index (χ0n) is 14.0. The molecule has 0 saturated carbocycles. The lowest BCUT2D eigenvalue weighted by Crippen LogP contribution is -2.47. The van der Waals surface area contributed by atoms with Crippen molar-refractivity contribution in [2.45, 2.75) is 24.8 Å². The van der Waals surface area contributed by atoms with E-state index in [1.54, 1.807) is 0 Å². The molecule has 0 fully saturated rings. The third-order valence-corrected chi connectivity index (χ3v) is 4.60. The molecule has 1 amide bonds. The minimum Gasteiger partial charge on any atom is -0.481 e. The highest BCUT2D eigenvalue weighted by Crippen LogP contribution is 2.13. The van der Waals surface area contributed by atoms with Crippen molar-refractivity contribution in [3.8, 4) is 5.75 Å². The van der Waals surface area contributed by atoms with Gasteiger partial charge in [-0.15, -0.1) is 4.83 Å². The maximum Gasteiger partial charge on any atom is 0.275 e. The third kappa shape index (κ3) is 5.11. The number of nitrogens with one attached hydrogen (secondary N) is 2. The molecule has 0 unspecified atom stereocenters. The molecule has 0 aliphatic rings. The number of Topliss-reactive ketones (excluding diaryl/α,β-unsaturated/α-hetero) is 1. The van der Waals surface area contributed by atoms with Crippen LogP contribution in [-0.4, -0.2) is 26.2 Å². The van der Waals surface area contributed by atoms with E-state index in [1.807, 2.05) is 10.3 Å². The first kappa shape index (κ1) is 19.5. The number of hydrazine groups is 1. The molecular weight excluding hydrogens is 363 g/mol. The number of halogens is 1. The summed E-state index contributed by atoms with van der Waals surface area (Å²) in [5.41, 5.74) is 2.27. The molecule has 0 heterocycles. The van der Waals surface area contributed by atoms with E-state index in [2.05, 4.69) is 0 Å². The Balaban J connectivity index is 1.99. The maximum absolute atomic E-state index is 12.8. The van der Waals surface area contributed by atoms with E-state index in [-0.39, 0.29) is 22.0 Å². The van der Waals surface area contributed by atoms with Gasteiger partial charge < -0.3 is 4.74 Å². The molecule has 9 heteroatoms. The lowest BCUT2D eigenvalue weighted by Gasteiger charge is -2.15. The van der Waals surface area contributed by atoms with E-state index in [1.165, 1.54) is 62.4 Å². The molecular formula is C17H17FN2O5S. The first-order valence-electron chi connectivity index (χ1n) is 7.54. The minimum atomic E-state index is -4.06. The Hall–Kier alpha value is -2.78. The van der Waals surface area contributed by atoms with Crippen LogP contribution >= 0.6 is 0 Å². The number of rotatable bonds is 7. The molecule has 2 N–H and O–H groups in total. The van der Waals surface area contributed by atoms with Crippen LogP contribution in [-0.2, 0) is 14.8 Å². The third-order valence-electron chi connectivity index (χ3n) is 3.36. The molecule has 0 radical (unpaired) electrons. The van der Waals surface area contributed by atoms with Gasteiger partial charge in [-0.05, 0) is 50.2 Å². The highest BCUT2D eigenvalue weighted by atomic mass is 32.2. The van der Waals surface area contributed by atoms with Crippen LogP contribution in [0.1, 0.15) is 24.2 Å². The van der Waals surface area contributed by atoms with Gasteiger partial charge in [-0.3, -0.25) is 15.0 Å². The number of sulfonamides is 1. The van der Waals surface area contributed by atoms with Gasteiger partial charge in [-0.25, -0.2) is 12.8 Å². The molecule has 0 aliphatic carbocycles. The standard InChI is InChI=1S/C17H17FN2O5S/c1-11(21)13-4-3-5-16(10-13)26(23,24)20-19-17(22)12(2)25-15-8-6-14(18)7-9-15/h3-10,12,20H,1-2H3,(H,19,22)/t12-/m0/s1. The van der Waals surface area contributed by atoms with Gasteiger partial charge in [0.05, 0.1) is 4.90 Å². The Bertz CT molecular complexity index is 913. The monoisotopic (exact) mass is 380 g/mol. The summed E-state index contributed by atoms with van der Waals surface area (Å²) < 4.78 is 42.6. The minimum absolute atomic E-state index is 0.169. The zero-order chi connectivity index (χ0) is 19.3. The summed E-state index contributed by atoms with van der Waals surface area (Å²) in [7, 11) is -4.06. The highest BCUT2D eigenvalue weighted by molar-refractivity contribution is 7.89. The van der Waals surface area contributed by atoms with E-state index in [0.29, 0.717) is 0 Å². The van der Waals surface area contributed by atoms with Crippen molar-refractivity contribution in [3.05, 3.63) is 59.9 Å². The van der Waals surface area contributed by atoms with Gasteiger partial charge in [0.2, 0.25) is 0 Å². The van der Waals surface area contributed by atoms with Crippen molar-refractivity contribution in [2.75, 3.05) is 0 Å². The number of benzene rings is 2. The summed E-state index contributed by atoms with van der Waals surface area (Å²) in [6.07, 6.45) is -1.04. The van der Waals surface area contributed by atoms with E-state index < -0.39 is 27.9 Å². The van der Waals surface area contributed by atoms with E-state index >= 15 is 0 Å². The fourth-order valence-electron chi connectivity index (χ4n) is 1.93. The molecule has 0 aromatic heterocycles. The molecule has 0 saturated heterocycles. The van der Waals surface area contributed by atoms with Crippen LogP contribution in [0.25, 0.3) is 0 Å². The van der Waals surface area contributed by atoms with E-state index in [9.17, 15) is 22.4 Å². The fraction of sp³-hybridized carbons (Fsp3) is 0.176. The number of amides is 1. The van der Waals surface area contributed by atoms with Crippen LogP contribution in [0.4, 0.5) is 4.39 Å². The molecule has 2 aromatic rings. The SMILES string of the molecule is CC(=O)c1cccc(S(=O)(=O)NNC(=O)[C@H](C)Oc2ccc(F)cc2)c1. The number of carbonyl (C=O) groups is 2. The van der Waals surface area contributed by atoms with Crippen molar-refractivity contribution < 1.29 is 27.1 Å². The second-order valence-electron chi connectivity index (χ2n) is 5.39. The average molecular weight is 380 g/mol. The van der Waals surface area contributed by atoms with Crippen LogP contribution in [0.2, 0.25) is 0 Å². The summed E-state index contributed by atoms with van der Waals surface area (Å²) in [6, 6.07) is 10.4. The lowest BCUT2D eigenvalue weighted by atomic mass is 10.2. The average Bonchev–Trinajstić information content (AvgIpc) is 2.61. The summed E-state index contributed by atoms with van der Waals surface area (Å²) in [6.45, 7) is 2.72. The quantitative estimate of drug-likeness (QED) is 0.563. The Labute approximate surface area is 150 Å². The summed E-state index contributed by atoms with van der Waals surface area (Å²) in [5.74, 6) is -1.23. The van der Waals surface area contributed by atoms with Crippen LogP contribution in [0.5, 0.6) is 5.75 Å². The Morgan fingerprint density at radius 2 is 1.77 bits per heavy atom. The number of ketones is 1. The molecule has 1 atom stereocenters. The predicted octanol–water partition coefficient (Wildman–Crippen LogP) is 1.81. The van der Waals surface area contributed by atoms with E-state index in [4.69, 9.17) is 4.74 Å². The van der Waals surface area contributed by atoms with Crippen molar-refractivity contribution in [1.82, 2.24) is 10.3 Å². The molecule has 138 valence electrons. The number of carbonyl (C=O) groups excluding carboxylic acids is 2. The van der Waals surface area contributed by atoms with Crippen LogP contribution < -0.4 is 15.0 Å². The van der Waals surface area contributed by atoms with Gasteiger partial charge in [0, 0.05) is 5.56 Å². The lowest BCUT2D eigenvalue weighted by molar-refractivity contribution is -0.127. The summed E-state index contributed by atoms with van der Waals surface area (Å²) in [4.78, 5) is 25.1. The molecule has 0 bridgehead atoms. The van der Waals surface area contributed by atoms with Gasteiger partial charge in [0.1, 0.15) is 11.6 Å². The summed E-state index contributed by atoms with van der Waals surface area (Å²) in [5, 5.41) is 0. The number of hydrogen-bond acceptors (Lipinski definition) is 5. The van der Waals surface area contributed by atoms with Crippen LogP contribution in [0.3, 0.4) is 0 Å².